The van der Waals surface area contributed by atoms with Crippen LogP contribution in [0, 0.1) is 10.8 Å². The molecule has 0 aliphatic rings. The van der Waals surface area contributed by atoms with Crippen LogP contribution >= 0.6 is 22.7 Å². The van der Waals surface area contributed by atoms with Gasteiger partial charge in [-0.25, -0.2) is 0 Å². The largest absolute Gasteiger partial charge is 0.305 e. The third-order valence-electron chi connectivity index (χ3n) is 4.06. The van der Waals surface area contributed by atoms with Gasteiger partial charge in [-0.1, -0.05) is 40.0 Å². The van der Waals surface area contributed by atoms with Gasteiger partial charge in [0.05, 0.1) is 0 Å². The maximum absolute atomic E-state index is 8.14. The van der Waals surface area contributed by atoms with Crippen LogP contribution in [0.15, 0.2) is 54.6 Å². The highest BCUT2D eigenvalue weighted by atomic mass is 32.1. The Hall–Kier alpha value is -2.04. The van der Waals surface area contributed by atoms with E-state index in [4.69, 9.17) is 10.8 Å². The molecule has 2 heterocycles. The summed E-state index contributed by atoms with van der Waals surface area (Å²) in [6.07, 6.45) is 1.77. The molecule has 0 saturated heterocycles. The van der Waals surface area contributed by atoms with Crippen LogP contribution in [0.25, 0.3) is 15.3 Å². The highest BCUT2D eigenvalue weighted by Crippen LogP contribution is 2.40. The Balaban J connectivity index is 2.52. The van der Waals surface area contributed by atoms with Crippen molar-refractivity contribution in [1.82, 2.24) is 0 Å². The van der Waals surface area contributed by atoms with E-state index in [-0.39, 0.29) is 5.41 Å². The van der Waals surface area contributed by atoms with E-state index in [1.807, 2.05) is 11.3 Å². The molecule has 0 unspecified atom stereocenters. The van der Waals surface area contributed by atoms with E-state index < -0.39 is 0 Å². The molecule has 2 N–H and O–H groups in total. The maximum Gasteiger partial charge on any atom is 0.0449 e. The summed E-state index contributed by atoms with van der Waals surface area (Å²) < 4.78 is 0. The molecule has 2 rings (SSSR count). The smallest absolute Gasteiger partial charge is 0.0449 e. The number of thiophene rings is 2. The fourth-order valence-corrected chi connectivity index (χ4v) is 4.80. The third kappa shape index (κ3) is 4.19. The first-order chi connectivity index (χ1) is 12.1. The Morgan fingerprint density at radius 2 is 1.54 bits per heavy atom. The maximum atomic E-state index is 8.14. The van der Waals surface area contributed by atoms with Gasteiger partial charge in [-0.05, 0) is 49.1 Å². The molecular formula is C22H26N2S2. The Bertz CT molecular complexity index is 914. The molecule has 0 amide bonds. The molecule has 0 aliphatic carbocycles. The number of allylic oxidation sites excluding steroid dienone is 4. The van der Waals surface area contributed by atoms with Crippen molar-refractivity contribution in [2.45, 2.75) is 40.0 Å². The van der Waals surface area contributed by atoms with Crippen molar-refractivity contribution in [3.05, 3.63) is 64.4 Å². The van der Waals surface area contributed by atoms with Crippen LogP contribution in [-0.2, 0) is 5.41 Å². The van der Waals surface area contributed by atoms with Crippen molar-refractivity contribution >= 4 is 39.7 Å². The van der Waals surface area contributed by atoms with E-state index >= 15 is 0 Å². The van der Waals surface area contributed by atoms with E-state index in [2.05, 4.69) is 58.2 Å². The van der Waals surface area contributed by atoms with Gasteiger partial charge in [-0.15, -0.1) is 22.7 Å². The van der Waals surface area contributed by atoms with Crippen molar-refractivity contribution in [3.63, 3.8) is 0 Å². The summed E-state index contributed by atoms with van der Waals surface area (Å²) >= 11 is 3.52. The fraction of sp³-hybridized carbons (Fsp3) is 0.273. The molecule has 0 aromatic carbocycles. The minimum Gasteiger partial charge on any atom is -0.305 e. The Kier molecular flexibility index (Phi) is 5.99. The van der Waals surface area contributed by atoms with E-state index in [1.165, 1.54) is 14.6 Å². The van der Waals surface area contributed by atoms with Crippen molar-refractivity contribution in [2.75, 3.05) is 0 Å². The van der Waals surface area contributed by atoms with E-state index in [0.29, 0.717) is 22.6 Å². The highest BCUT2D eigenvalue weighted by Gasteiger charge is 2.19. The van der Waals surface area contributed by atoms with E-state index in [0.717, 1.165) is 10.5 Å². The van der Waals surface area contributed by atoms with Crippen LogP contribution in [0.5, 0.6) is 0 Å². The minimum atomic E-state index is 0.152. The third-order valence-corrected chi connectivity index (χ3v) is 6.89. The minimum absolute atomic E-state index is 0.152. The van der Waals surface area contributed by atoms with Gasteiger partial charge in [0.15, 0.2) is 0 Å². The average molecular weight is 383 g/mol. The summed E-state index contributed by atoms with van der Waals surface area (Å²) in [5, 5.41) is 16.0. The second kappa shape index (κ2) is 7.68. The van der Waals surface area contributed by atoms with Gasteiger partial charge in [-0.3, -0.25) is 0 Å². The quantitative estimate of drug-likeness (QED) is 0.387. The Labute approximate surface area is 164 Å². The molecule has 0 spiro atoms. The van der Waals surface area contributed by atoms with Crippen molar-refractivity contribution in [3.8, 4) is 9.75 Å². The summed E-state index contributed by atoms with van der Waals surface area (Å²) in [6.45, 7) is 18.1. The summed E-state index contributed by atoms with van der Waals surface area (Å²) in [4.78, 5) is 4.87. The Morgan fingerprint density at radius 1 is 0.962 bits per heavy atom. The first kappa shape index (κ1) is 20.3. The summed E-state index contributed by atoms with van der Waals surface area (Å²) in [5.74, 6) is 0. The predicted octanol–water partition coefficient (Wildman–Crippen LogP) is 7.35. The Morgan fingerprint density at radius 3 is 2.00 bits per heavy atom. The summed E-state index contributed by atoms with van der Waals surface area (Å²) in [6, 6.07) is 8.58. The first-order valence-corrected chi connectivity index (χ1v) is 10.1. The van der Waals surface area contributed by atoms with Crippen LogP contribution < -0.4 is 0 Å². The monoisotopic (exact) mass is 382 g/mol. The fourth-order valence-electron chi connectivity index (χ4n) is 2.59. The topological polar surface area (TPSA) is 47.7 Å². The molecule has 0 radical (unpaired) electrons. The van der Waals surface area contributed by atoms with Gasteiger partial charge in [0.25, 0.3) is 0 Å². The van der Waals surface area contributed by atoms with Gasteiger partial charge < -0.3 is 10.8 Å². The molecule has 2 aromatic rings. The van der Waals surface area contributed by atoms with Gasteiger partial charge in [0.2, 0.25) is 0 Å². The average Bonchev–Trinajstić information content (AvgIpc) is 3.19. The van der Waals surface area contributed by atoms with E-state index in [1.54, 1.807) is 31.3 Å². The number of nitrogens with one attached hydrogen (secondary N) is 2. The second-order valence-electron chi connectivity index (χ2n) is 7.30. The lowest BCUT2D eigenvalue weighted by molar-refractivity contribution is 0.604. The zero-order valence-corrected chi connectivity index (χ0v) is 17.8. The summed E-state index contributed by atoms with van der Waals surface area (Å²) in [7, 11) is 0. The molecule has 0 saturated carbocycles. The van der Waals surface area contributed by atoms with E-state index in [9.17, 15) is 0 Å². The molecule has 26 heavy (non-hydrogen) atoms. The molecule has 136 valence electrons. The van der Waals surface area contributed by atoms with Crippen LogP contribution in [-0.4, -0.2) is 11.4 Å². The molecule has 0 atom stereocenters. The predicted molar refractivity (Wildman–Crippen MR) is 119 cm³/mol. The second-order valence-corrected chi connectivity index (χ2v) is 9.47. The number of hydrogen-bond donors (Lipinski definition) is 2. The van der Waals surface area contributed by atoms with Crippen LogP contribution in [0.4, 0.5) is 0 Å². The van der Waals surface area contributed by atoms with Crippen molar-refractivity contribution in [2.24, 2.45) is 0 Å². The van der Waals surface area contributed by atoms with Crippen molar-refractivity contribution in [1.29, 1.82) is 10.8 Å². The molecule has 0 bridgehead atoms. The van der Waals surface area contributed by atoms with Gasteiger partial charge in [0.1, 0.15) is 0 Å². The molecule has 4 heteroatoms. The lowest BCUT2D eigenvalue weighted by atomic mass is 9.93. The van der Waals surface area contributed by atoms with Gasteiger partial charge in [0, 0.05) is 42.1 Å². The zero-order chi connectivity index (χ0) is 19.6. The normalized spacial score (nSPS) is 12.5. The van der Waals surface area contributed by atoms with Crippen molar-refractivity contribution < 1.29 is 0 Å². The van der Waals surface area contributed by atoms with Gasteiger partial charge >= 0.3 is 0 Å². The number of rotatable bonds is 6. The standard InChI is InChI=1S/C22H26N2S2/c1-8-16(21(15(4)24)13(2)14(3)23)17-9-10-18(25-17)19-11-12-20(26-19)22(5,6)7/h8-12,23-24H,1-2H2,3-7H3/b21-16-,23-14?,24-15?. The lowest BCUT2D eigenvalue weighted by Crippen LogP contribution is -2.07. The number of hydrogen-bond acceptors (Lipinski definition) is 4. The summed E-state index contributed by atoms with van der Waals surface area (Å²) in [5.41, 5.74) is 3.07. The molecule has 0 aliphatic heterocycles. The van der Waals surface area contributed by atoms with Crippen LogP contribution in [0.3, 0.4) is 0 Å². The van der Waals surface area contributed by atoms with Crippen LogP contribution in [0.2, 0.25) is 0 Å². The van der Waals surface area contributed by atoms with Crippen LogP contribution in [0.1, 0.15) is 44.4 Å². The lowest BCUT2D eigenvalue weighted by Gasteiger charge is -2.15. The molecular weight excluding hydrogens is 356 g/mol. The highest BCUT2D eigenvalue weighted by molar-refractivity contribution is 7.22. The van der Waals surface area contributed by atoms with Gasteiger partial charge in [-0.2, -0.15) is 0 Å². The molecule has 2 aromatic heterocycles. The zero-order valence-electron chi connectivity index (χ0n) is 16.1. The first-order valence-electron chi connectivity index (χ1n) is 8.44. The molecule has 0 fully saturated rings. The molecule has 2 nitrogen and oxygen atoms in total. The SMILES string of the molecule is C=C/C(=C(\C(=C)C(C)=N)C(C)=N)c1ccc(-c2ccc(C(C)(C)C)s2)s1.